The Balaban J connectivity index is 1.09. The quantitative estimate of drug-likeness (QED) is 0.551. The summed E-state index contributed by atoms with van der Waals surface area (Å²) >= 11 is 0. The topological polar surface area (TPSA) is 96.9 Å². The number of pyridine rings is 2. The largest absolute Gasteiger partial charge is 0.485 e. The molecule has 2 aromatic heterocycles. The highest BCUT2D eigenvalue weighted by Crippen LogP contribution is 2.63. The van der Waals surface area contributed by atoms with Crippen molar-refractivity contribution in [2.45, 2.75) is 45.3 Å². The van der Waals surface area contributed by atoms with Crippen LogP contribution >= 0.6 is 0 Å². The van der Waals surface area contributed by atoms with Gasteiger partial charge in [-0.3, -0.25) is 9.59 Å². The first-order valence-electron chi connectivity index (χ1n) is 13.3. The van der Waals surface area contributed by atoms with Crippen LogP contribution in [0.15, 0.2) is 42.7 Å². The van der Waals surface area contributed by atoms with Crippen molar-refractivity contribution in [2.24, 2.45) is 11.3 Å². The maximum Gasteiger partial charge on any atom is 0.238 e. The number of hydrogen-bond donors (Lipinski definition) is 1. The molecule has 5 aliphatic rings. The van der Waals surface area contributed by atoms with Gasteiger partial charge in [0.25, 0.3) is 0 Å². The lowest BCUT2D eigenvalue weighted by Crippen LogP contribution is -2.44. The SMILES string of the molecule is CC1Oc2cc(N3CCCC3=O)ccc2-c2cnc(Nc3cnc4c(c3)N3C(=O)[C@]5(C)CC5[C@H]3CO4)cc21. The lowest BCUT2D eigenvalue weighted by molar-refractivity contribution is -0.122. The van der Waals surface area contributed by atoms with Gasteiger partial charge >= 0.3 is 0 Å². The van der Waals surface area contributed by atoms with Crippen LogP contribution < -0.4 is 24.6 Å². The summed E-state index contributed by atoms with van der Waals surface area (Å²) in [5.41, 5.74) is 5.09. The minimum Gasteiger partial charge on any atom is -0.485 e. The molecule has 2 unspecified atom stereocenters. The van der Waals surface area contributed by atoms with E-state index in [1.807, 2.05) is 53.3 Å². The van der Waals surface area contributed by atoms with Crippen molar-refractivity contribution in [1.29, 1.82) is 0 Å². The predicted octanol–water partition coefficient (Wildman–Crippen LogP) is 4.60. The molecule has 8 rings (SSSR count). The molecule has 1 aromatic carbocycles. The van der Waals surface area contributed by atoms with E-state index < -0.39 is 0 Å². The van der Waals surface area contributed by atoms with Gasteiger partial charge < -0.3 is 24.6 Å². The number of carbonyl (C=O) groups excluding carboxylic acids is 2. The molecular formula is C29H27N5O4. The van der Waals surface area contributed by atoms with Crippen molar-refractivity contribution in [3.63, 3.8) is 0 Å². The van der Waals surface area contributed by atoms with E-state index in [4.69, 9.17) is 9.47 Å². The zero-order valence-electron chi connectivity index (χ0n) is 21.2. The van der Waals surface area contributed by atoms with Crippen LogP contribution in [-0.4, -0.2) is 41.0 Å². The predicted molar refractivity (Wildman–Crippen MR) is 141 cm³/mol. The Bertz CT molecular complexity index is 1560. The van der Waals surface area contributed by atoms with E-state index in [0.717, 1.165) is 58.9 Å². The number of nitrogens with one attached hydrogen (secondary N) is 1. The smallest absolute Gasteiger partial charge is 0.238 e. The monoisotopic (exact) mass is 509 g/mol. The van der Waals surface area contributed by atoms with Gasteiger partial charge in [0, 0.05) is 47.6 Å². The Labute approximate surface area is 219 Å². The van der Waals surface area contributed by atoms with Crippen molar-refractivity contribution >= 4 is 34.7 Å². The summed E-state index contributed by atoms with van der Waals surface area (Å²) in [4.78, 5) is 38.2. The van der Waals surface area contributed by atoms with Crippen LogP contribution in [0.1, 0.15) is 44.8 Å². The number of rotatable bonds is 3. The van der Waals surface area contributed by atoms with Gasteiger partial charge in [-0.05, 0) is 49.9 Å². The molecule has 1 saturated carbocycles. The number of nitrogens with zero attached hydrogens (tertiary/aromatic N) is 4. The molecule has 2 saturated heterocycles. The number of fused-ring (bicyclic) bond motifs is 8. The van der Waals surface area contributed by atoms with Crippen molar-refractivity contribution < 1.29 is 19.1 Å². The highest BCUT2D eigenvalue weighted by atomic mass is 16.5. The van der Waals surface area contributed by atoms with Crippen LogP contribution in [0.5, 0.6) is 11.6 Å². The van der Waals surface area contributed by atoms with E-state index >= 15 is 0 Å². The number of benzene rings is 1. The maximum atomic E-state index is 13.1. The normalized spacial score (nSPS) is 28.0. The first kappa shape index (κ1) is 21.9. The van der Waals surface area contributed by atoms with E-state index in [9.17, 15) is 9.59 Å². The Hall–Kier alpha value is -4.14. The summed E-state index contributed by atoms with van der Waals surface area (Å²) in [7, 11) is 0. The number of amides is 2. The molecule has 3 fully saturated rings. The number of anilines is 4. The minimum absolute atomic E-state index is 0.0843. The molecule has 1 N–H and O–H groups in total. The van der Waals surface area contributed by atoms with Crippen molar-refractivity contribution in [1.82, 2.24) is 9.97 Å². The Morgan fingerprint density at radius 1 is 1.11 bits per heavy atom. The molecular weight excluding hydrogens is 482 g/mol. The molecule has 9 nitrogen and oxygen atoms in total. The number of carbonyl (C=O) groups is 2. The second kappa shape index (κ2) is 7.46. The van der Waals surface area contributed by atoms with E-state index in [2.05, 4.69) is 22.2 Å². The van der Waals surface area contributed by atoms with Gasteiger partial charge in [-0.25, -0.2) is 9.97 Å². The zero-order chi connectivity index (χ0) is 25.8. The fourth-order valence-electron chi connectivity index (χ4n) is 6.67. The average molecular weight is 510 g/mol. The van der Waals surface area contributed by atoms with Crippen molar-refractivity contribution in [3.8, 4) is 22.8 Å². The molecule has 6 heterocycles. The van der Waals surface area contributed by atoms with E-state index in [-0.39, 0.29) is 29.4 Å². The molecule has 4 aliphatic heterocycles. The number of ether oxygens (including phenoxy) is 2. The molecule has 192 valence electrons. The van der Waals surface area contributed by atoms with Gasteiger partial charge in [-0.1, -0.05) is 6.92 Å². The maximum absolute atomic E-state index is 13.1. The number of piperidine rings is 1. The van der Waals surface area contributed by atoms with Gasteiger partial charge in [-0.2, -0.15) is 0 Å². The molecule has 1 aliphatic carbocycles. The Morgan fingerprint density at radius 3 is 2.84 bits per heavy atom. The molecule has 9 heteroatoms. The van der Waals surface area contributed by atoms with Crippen LogP contribution in [0.3, 0.4) is 0 Å². The van der Waals surface area contributed by atoms with E-state index in [1.165, 1.54) is 0 Å². The van der Waals surface area contributed by atoms with Crippen LogP contribution in [0.25, 0.3) is 11.1 Å². The lowest BCUT2D eigenvalue weighted by Gasteiger charge is -2.33. The summed E-state index contributed by atoms with van der Waals surface area (Å²) in [6, 6.07) is 9.96. The third kappa shape index (κ3) is 2.98. The third-order valence-electron chi connectivity index (χ3n) is 8.88. The van der Waals surface area contributed by atoms with Crippen LogP contribution in [-0.2, 0) is 9.59 Å². The first-order valence-corrected chi connectivity index (χ1v) is 13.3. The Kier molecular flexibility index (Phi) is 4.30. The standard InChI is InChI=1S/C29H27N5O4/c1-15-19-10-25(30-13-20(19)18-6-5-17(9-24(18)38-15)33-7-3-4-26(33)35)32-16-8-22-27(31-12-16)37-14-23-21-11-29(21,2)28(36)34(22)23/h5-6,8-10,12-13,15,21,23H,3-4,7,11,14H2,1-2H3,(H,30,32)/t15?,21?,23-,29-/m1/s1. The highest BCUT2D eigenvalue weighted by Gasteiger charge is 2.69. The zero-order valence-corrected chi connectivity index (χ0v) is 21.2. The third-order valence-corrected chi connectivity index (χ3v) is 8.88. The van der Waals surface area contributed by atoms with Crippen molar-refractivity contribution in [2.75, 3.05) is 28.3 Å². The van der Waals surface area contributed by atoms with E-state index in [1.54, 1.807) is 6.20 Å². The van der Waals surface area contributed by atoms with E-state index in [0.29, 0.717) is 30.6 Å². The van der Waals surface area contributed by atoms with Gasteiger partial charge in [-0.15, -0.1) is 0 Å². The molecule has 2 amide bonds. The molecule has 0 radical (unpaired) electrons. The van der Waals surface area contributed by atoms with Gasteiger partial charge in [0.15, 0.2) is 0 Å². The fourth-order valence-corrected chi connectivity index (χ4v) is 6.67. The molecule has 0 spiro atoms. The van der Waals surface area contributed by atoms with Gasteiger partial charge in [0.05, 0.1) is 23.3 Å². The Morgan fingerprint density at radius 2 is 2.00 bits per heavy atom. The number of aromatic nitrogens is 2. The number of hydrogen-bond acceptors (Lipinski definition) is 7. The molecule has 38 heavy (non-hydrogen) atoms. The van der Waals surface area contributed by atoms with Crippen LogP contribution in [0, 0.1) is 11.3 Å². The molecule has 0 bridgehead atoms. The summed E-state index contributed by atoms with van der Waals surface area (Å²) < 4.78 is 12.2. The summed E-state index contributed by atoms with van der Waals surface area (Å²) in [6.07, 6.45) is 5.81. The average Bonchev–Trinajstić information content (AvgIpc) is 3.34. The second-order valence-electron chi connectivity index (χ2n) is 11.2. The molecule has 3 aromatic rings. The van der Waals surface area contributed by atoms with Crippen LogP contribution in [0.2, 0.25) is 0 Å². The van der Waals surface area contributed by atoms with Gasteiger partial charge in [0.1, 0.15) is 30.0 Å². The fraction of sp³-hybridized carbons (Fsp3) is 0.379. The second-order valence-corrected chi connectivity index (χ2v) is 11.2. The highest BCUT2D eigenvalue weighted by molar-refractivity contribution is 6.05. The van der Waals surface area contributed by atoms with Crippen molar-refractivity contribution in [3.05, 3.63) is 48.3 Å². The minimum atomic E-state index is -0.254. The molecule has 4 atom stereocenters. The van der Waals surface area contributed by atoms with Gasteiger partial charge in [0.2, 0.25) is 17.7 Å². The first-order chi connectivity index (χ1) is 18.4. The summed E-state index contributed by atoms with van der Waals surface area (Å²) in [6.45, 7) is 5.32. The van der Waals surface area contributed by atoms with Crippen LogP contribution in [0.4, 0.5) is 22.9 Å². The lowest BCUT2D eigenvalue weighted by atomic mass is 9.94. The summed E-state index contributed by atoms with van der Waals surface area (Å²) in [5, 5.41) is 3.36. The summed E-state index contributed by atoms with van der Waals surface area (Å²) in [5.74, 6) is 2.62.